The number of rotatable bonds is 2. The van der Waals surface area contributed by atoms with E-state index >= 15 is 0 Å². The van der Waals surface area contributed by atoms with Crippen molar-refractivity contribution in [3.05, 3.63) is 47.8 Å². The topological polar surface area (TPSA) is 41.4 Å². The number of aryl methyl sites for hydroxylation is 1. The molecule has 2 saturated heterocycles. The predicted molar refractivity (Wildman–Crippen MR) is 93.4 cm³/mol. The zero-order valence-corrected chi connectivity index (χ0v) is 14.2. The first-order chi connectivity index (χ1) is 11.7. The van der Waals surface area contributed by atoms with E-state index in [0.29, 0.717) is 6.04 Å². The standard InChI is InChI=1S/C19H24N4O/c1-15-18(14-23(20-15)16-7-3-2-4-8-16)19(24)22-12-6-11-21-10-5-9-17(21)13-22/h2-4,7-8,14,17H,5-6,9-13H2,1H3. The summed E-state index contributed by atoms with van der Waals surface area (Å²) in [6.07, 6.45) is 5.42. The van der Waals surface area contributed by atoms with Gasteiger partial charge in [0.2, 0.25) is 0 Å². The van der Waals surface area contributed by atoms with Gasteiger partial charge in [0.15, 0.2) is 0 Å². The zero-order valence-electron chi connectivity index (χ0n) is 14.2. The van der Waals surface area contributed by atoms with E-state index < -0.39 is 0 Å². The van der Waals surface area contributed by atoms with Crippen LogP contribution in [0.25, 0.3) is 5.69 Å². The second kappa shape index (κ2) is 6.40. The van der Waals surface area contributed by atoms with Gasteiger partial charge < -0.3 is 4.90 Å². The number of nitrogens with zero attached hydrogens (tertiary/aromatic N) is 4. The van der Waals surface area contributed by atoms with Crippen LogP contribution in [0.2, 0.25) is 0 Å². The molecule has 24 heavy (non-hydrogen) atoms. The number of aromatic nitrogens is 2. The Hall–Kier alpha value is -2.14. The molecule has 0 saturated carbocycles. The van der Waals surface area contributed by atoms with Gasteiger partial charge in [-0.15, -0.1) is 0 Å². The minimum Gasteiger partial charge on any atom is -0.337 e. The van der Waals surface area contributed by atoms with Gasteiger partial charge in [-0.25, -0.2) is 4.68 Å². The van der Waals surface area contributed by atoms with Gasteiger partial charge in [0.1, 0.15) is 0 Å². The summed E-state index contributed by atoms with van der Waals surface area (Å²) in [7, 11) is 0. The van der Waals surface area contributed by atoms with Crippen LogP contribution in [-0.2, 0) is 0 Å². The Morgan fingerprint density at radius 2 is 1.92 bits per heavy atom. The Morgan fingerprint density at radius 3 is 2.75 bits per heavy atom. The van der Waals surface area contributed by atoms with Crippen LogP contribution >= 0.6 is 0 Å². The monoisotopic (exact) mass is 324 g/mol. The number of carbonyl (C=O) groups excluding carboxylic acids is 1. The molecule has 0 spiro atoms. The van der Waals surface area contributed by atoms with Crippen molar-refractivity contribution in [3.63, 3.8) is 0 Å². The highest BCUT2D eigenvalue weighted by Crippen LogP contribution is 2.23. The Balaban J connectivity index is 1.57. The van der Waals surface area contributed by atoms with Crippen molar-refractivity contribution >= 4 is 5.91 Å². The quantitative estimate of drug-likeness (QED) is 0.852. The number of hydrogen-bond donors (Lipinski definition) is 0. The van der Waals surface area contributed by atoms with Crippen molar-refractivity contribution in [1.29, 1.82) is 0 Å². The summed E-state index contributed by atoms with van der Waals surface area (Å²) in [4.78, 5) is 17.6. The third-order valence-electron chi connectivity index (χ3n) is 5.24. The molecule has 1 aromatic heterocycles. The molecule has 1 unspecified atom stereocenters. The average molecular weight is 324 g/mol. The fourth-order valence-electron chi connectivity index (χ4n) is 3.94. The molecule has 0 N–H and O–H groups in total. The Morgan fingerprint density at radius 1 is 1.12 bits per heavy atom. The smallest absolute Gasteiger partial charge is 0.257 e. The molecule has 4 rings (SSSR count). The third kappa shape index (κ3) is 2.84. The summed E-state index contributed by atoms with van der Waals surface area (Å²) in [6.45, 7) is 5.94. The highest BCUT2D eigenvalue weighted by molar-refractivity contribution is 5.95. The molecule has 5 nitrogen and oxygen atoms in total. The van der Waals surface area contributed by atoms with E-state index in [1.165, 1.54) is 19.4 Å². The SMILES string of the molecule is Cc1nn(-c2ccccc2)cc1C(=O)N1CCCN2CCCC2C1. The fourth-order valence-corrected chi connectivity index (χ4v) is 3.94. The largest absolute Gasteiger partial charge is 0.337 e. The Bertz CT molecular complexity index is 724. The van der Waals surface area contributed by atoms with Crippen LogP contribution in [0.5, 0.6) is 0 Å². The summed E-state index contributed by atoms with van der Waals surface area (Å²) in [6, 6.07) is 10.5. The third-order valence-corrected chi connectivity index (χ3v) is 5.24. The van der Waals surface area contributed by atoms with Crippen LogP contribution in [0.3, 0.4) is 0 Å². The number of amides is 1. The number of carbonyl (C=O) groups is 1. The van der Waals surface area contributed by atoms with Gasteiger partial charge in [0.05, 0.1) is 16.9 Å². The molecule has 126 valence electrons. The highest BCUT2D eigenvalue weighted by atomic mass is 16.2. The molecular formula is C19H24N4O. The van der Waals surface area contributed by atoms with Crippen molar-refractivity contribution in [3.8, 4) is 5.69 Å². The van der Waals surface area contributed by atoms with Crippen molar-refractivity contribution < 1.29 is 4.79 Å². The maximum atomic E-state index is 13.1. The molecule has 0 bridgehead atoms. The average Bonchev–Trinajstić information content (AvgIpc) is 3.16. The molecule has 2 aliphatic rings. The lowest BCUT2D eigenvalue weighted by Gasteiger charge is -2.25. The van der Waals surface area contributed by atoms with Crippen molar-refractivity contribution in [2.45, 2.75) is 32.2 Å². The maximum absolute atomic E-state index is 13.1. The van der Waals surface area contributed by atoms with E-state index in [1.807, 2.05) is 53.0 Å². The maximum Gasteiger partial charge on any atom is 0.257 e. The molecule has 5 heteroatoms. The normalized spacial score (nSPS) is 21.5. The van der Waals surface area contributed by atoms with Crippen molar-refractivity contribution in [2.24, 2.45) is 0 Å². The molecule has 1 amide bonds. The second-order valence-electron chi connectivity index (χ2n) is 6.85. The Labute approximate surface area is 142 Å². The minimum absolute atomic E-state index is 0.128. The van der Waals surface area contributed by atoms with Crippen LogP contribution in [-0.4, -0.2) is 57.7 Å². The number of para-hydroxylation sites is 1. The number of benzene rings is 1. The van der Waals surface area contributed by atoms with Gasteiger partial charge >= 0.3 is 0 Å². The molecular weight excluding hydrogens is 300 g/mol. The van der Waals surface area contributed by atoms with E-state index in [4.69, 9.17) is 0 Å². The van der Waals surface area contributed by atoms with Gasteiger partial charge in [0, 0.05) is 31.9 Å². The van der Waals surface area contributed by atoms with E-state index in [2.05, 4.69) is 10.00 Å². The van der Waals surface area contributed by atoms with E-state index in [1.54, 1.807) is 0 Å². The van der Waals surface area contributed by atoms with E-state index in [-0.39, 0.29) is 5.91 Å². The van der Waals surface area contributed by atoms with Gasteiger partial charge in [-0.05, 0) is 44.9 Å². The van der Waals surface area contributed by atoms with Crippen LogP contribution in [0.15, 0.2) is 36.5 Å². The lowest BCUT2D eigenvalue weighted by Crippen LogP contribution is -2.39. The molecule has 1 atom stereocenters. The van der Waals surface area contributed by atoms with Gasteiger partial charge in [0.25, 0.3) is 5.91 Å². The van der Waals surface area contributed by atoms with Gasteiger partial charge in [-0.3, -0.25) is 9.69 Å². The first-order valence-corrected chi connectivity index (χ1v) is 8.87. The van der Waals surface area contributed by atoms with E-state index in [0.717, 1.165) is 43.0 Å². The summed E-state index contributed by atoms with van der Waals surface area (Å²) in [5.74, 6) is 0.128. The molecule has 2 aliphatic heterocycles. The highest BCUT2D eigenvalue weighted by Gasteiger charge is 2.31. The van der Waals surface area contributed by atoms with Crippen LogP contribution in [0, 0.1) is 6.92 Å². The van der Waals surface area contributed by atoms with Crippen molar-refractivity contribution in [2.75, 3.05) is 26.2 Å². The first kappa shape index (κ1) is 15.4. The first-order valence-electron chi connectivity index (χ1n) is 8.87. The summed E-state index contributed by atoms with van der Waals surface area (Å²) >= 11 is 0. The lowest BCUT2D eigenvalue weighted by atomic mass is 10.2. The summed E-state index contributed by atoms with van der Waals surface area (Å²) in [5, 5.41) is 4.55. The van der Waals surface area contributed by atoms with Crippen LogP contribution < -0.4 is 0 Å². The fraction of sp³-hybridized carbons (Fsp3) is 0.474. The molecule has 2 aromatic rings. The molecule has 0 radical (unpaired) electrons. The lowest BCUT2D eigenvalue weighted by molar-refractivity contribution is 0.0742. The number of fused-ring (bicyclic) bond motifs is 1. The second-order valence-corrected chi connectivity index (χ2v) is 6.85. The van der Waals surface area contributed by atoms with E-state index in [9.17, 15) is 4.79 Å². The summed E-state index contributed by atoms with van der Waals surface area (Å²) in [5.41, 5.74) is 2.51. The van der Waals surface area contributed by atoms with Gasteiger partial charge in [-0.1, -0.05) is 18.2 Å². The summed E-state index contributed by atoms with van der Waals surface area (Å²) < 4.78 is 1.81. The Kier molecular flexibility index (Phi) is 4.10. The molecule has 0 aliphatic carbocycles. The number of hydrogen-bond acceptors (Lipinski definition) is 3. The molecule has 2 fully saturated rings. The van der Waals surface area contributed by atoms with Crippen molar-refractivity contribution in [1.82, 2.24) is 19.6 Å². The van der Waals surface area contributed by atoms with Gasteiger partial charge in [-0.2, -0.15) is 5.10 Å². The van der Waals surface area contributed by atoms with Crippen LogP contribution in [0.4, 0.5) is 0 Å². The molecule has 1 aromatic carbocycles. The minimum atomic E-state index is 0.128. The predicted octanol–water partition coefficient (Wildman–Crippen LogP) is 2.49. The van der Waals surface area contributed by atoms with Crippen LogP contribution in [0.1, 0.15) is 35.3 Å². The molecule has 3 heterocycles. The zero-order chi connectivity index (χ0) is 16.5.